The van der Waals surface area contributed by atoms with Crippen molar-refractivity contribution in [2.24, 2.45) is 5.92 Å². The van der Waals surface area contributed by atoms with Gasteiger partial charge in [0.2, 0.25) is 0 Å². The molecule has 9 nitrogen and oxygen atoms in total. The lowest BCUT2D eigenvalue weighted by atomic mass is 10.0. The maximum absolute atomic E-state index is 14.5. The van der Waals surface area contributed by atoms with Crippen LogP contribution >= 0.6 is 11.6 Å². The number of hydrogen-bond acceptors (Lipinski definition) is 6. The van der Waals surface area contributed by atoms with Gasteiger partial charge in [0.1, 0.15) is 12.2 Å². The van der Waals surface area contributed by atoms with E-state index in [1.165, 1.54) is 29.3 Å². The SMILES string of the molecule is Nc1ccc(-c2cnc(C3C4CC4c4cc(-c5cc(Cl)ccc5-n5cnnn5)cc(=O)n43)[nH]2)c(F)c1F. The molecular weight excluding hydrogens is 502 g/mol. The zero-order chi connectivity index (χ0) is 25.4. The first-order chi connectivity index (χ1) is 17.9. The smallest absolute Gasteiger partial charge is 0.252 e. The van der Waals surface area contributed by atoms with Crippen LogP contribution in [0.25, 0.3) is 28.1 Å². The summed E-state index contributed by atoms with van der Waals surface area (Å²) in [6, 6.07) is 11.2. The molecule has 0 amide bonds. The number of aromatic amines is 1. The van der Waals surface area contributed by atoms with Crippen molar-refractivity contribution in [3.05, 3.63) is 93.5 Å². The number of aromatic nitrogens is 7. The van der Waals surface area contributed by atoms with E-state index in [0.29, 0.717) is 27.8 Å². The number of nitrogens with two attached hydrogens (primary N) is 1. The van der Waals surface area contributed by atoms with Gasteiger partial charge in [-0.3, -0.25) is 4.79 Å². The van der Waals surface area contributed by atoms with Crippen LogP contribution in [0.1, 0.15) is 29.9 Å². The molecule has 0 saturated heterocycles. The van der Waals surface area contributed by atoms with Crippen molar-refractivity contribution in [1.82, 2.24) is 34.7 Å². The van der Waals surface area contributed by atoms with E-state index in [0.717, 1.165) is 17.7 Å². The number of halogens is 3. The maximum atomic E-state index is 14.5. The average molecular weight is 519 g/mol. The quantitative estimate of drug-likeness (QED) is 0.346. The predicted octanol–water partition coefficient (Wildman–Crippen LogP) is 4.10. The molecule has 1 aliphatic carbocycles. The van der Waals surface area contributed by atoms with Gasteiger partial charge in [0, 0.05) is 33.8 Å². The molecule has 184 valence electrons. The summed E-state index contributed by atoms with van der Waals surface area (Å²) in [7, 11) is 0. The molecule has 3 N–H and O–H groups in total. The average Bonchev–Trinajstić information content (AvgIpc) is 3.23. The molecule has 2 aliphatic rings. The lowest BCUT2D eigenvalue weighted by Crippen LogP contribution is -2.26. The van der Waals surface area contributed by atoms with Gasteiger partial charge in [-0.1, -0.05) is 11.6 Å². The maximum Gasteiger partial charge on any atom is 0.252 e. The van der Waals surface area contributed by atoms with E-state index in [-0.39, 0.29) is 34.7 Å². The van der Waals surface area contributed by atoms with E-state index < -0.39 is 11.6 Å². The van der Waals surface area contributed by atoms with Crippen LogP contribution < -0.4 is 11.3 Å². The summed E-state index contributed by atoms with van der Waals surface area (Å²) in [6.07, 6.45) is 3.82. The van der Waals surface area contributed by atoms with Gasteiger partial charge < -0.3 is 15.3 Å². The van der Waals surface area contributed by atoms with Crippen LogP contribution in [-0.4, -0.2) is 34.7 Å². The van der Waals surface area contributed by atoms with Crippen molar-refractivity contribution in [2.75, 3.05) is 5.73 Å². The molecule has 5 aromatic rings. The highest BCUT2D eigenvalue weighted by atomic mass is 35.5. The summed E-state index contributed by atoms with van der Waals surface area (Å²) in [5, 5.41) is 11.9. The number of hydrogen-bond donors (Lipinski definition) is 2. The molecule has 3 unspecified atom stereocenters. The number of nitrogens with one attached hydrogen (secondary N) is 1. The number of H-pyrrole nitrogens is 1. The molecule has 4 heterocycles. The van der Waals surface area contributed by atoms with Crippen molar-refractivity contribution in [3.8, 4) is 28.1 Å². The van der Waals surface area contributed by atoms with Gasteiger partial charge in [0.15, 0.2) is 11.6 Å². The van der Waals surface area contributed by atoms with Crippen molar-refractivity contribution in [1.29, 1.82) is 0 Å². The summed E-state index contributed by atoms with van der Waals surface area (Å²) < 4.78 is 31.8. The zero-order valence-electron chi connectivity index (χ0n) is 18.9. The van der Waals surface area contributed by atoms with Gasteiger partial charge in [0.25, 0.3) is 5.56 Å². The van der Waals surface area contributed by atoms with Gasteiger partial charge in [-0.25, -0.2) is 13.8 Å². The third kappa shape index (κ3) is 3.30. The summed E-state index contributed by atoms with van der Waals surface area (Å²) in [6.45, 7) is 0. The lowest BCUT2D eigenvalue weighted by molar-refractivity contribution is 0.511. The minimum absolute atomic E-state index is 0.0230. The highest BCUT2D eigenvalue weighted by molar-refractivity contribution is 6.31. The molecule has 1 saturated carbocycles. The molecule has 3 aromatic heterocycles. The topological polar surface area (TPSA) is 120 Å². The van der Waals surface area contributed by atoms with Gasteiger partial charge in [-0.15, -0.1) is 5.10 Å². The fraction of sp³-hybridized carbons (Fsp3) is 0.160. The first-order valence-corrected chi connectivity index (χ1v) is 11.9. The van der Waals surface area contributed by atoms with Crippen LogP contribution in [0.5, 0.6) is 0 Å². The number of benzene rings is 2. The van der Waals surface area contributed by atoms with E-state index in [1.807, 2.05) is 6.07 Å². The molecule has 7 rings (SSSR count). The highest BCUT2D eigenvalue weighted by Gasteiger charge is 2.54. The molecule has 37 heavy (non-hydrogen) atoms. The standard InChI is InChI=1S/C25H17ClF2N8O/c26-12-1-4-19(35-10-31-33-34-35)14(7-12)11-5-20-15-8-16(15)24(36(20)21(37)6-11)25-30-9-18(32-25)13-2-3-17(29)23(28)22(13)27/h1-7,9-10,15-16,24H,8,29H2,(H,30,32). The van der Waals surface area contributed by atoms with Crippen molar-refractivity contribution in [2.45, 2.75) is 18.4 Å². The highest BCUT2D eigenvalue weighted by Crippen LogP contribution is 2.60. The number of rotatable bonds is 4. The number of nitrogens with zero attached hydrogens (tertiary/aromatic N) is 6. The van der Waals surface area contributed by atoms with Crippen LogP contribution in [0.2, 0.25) is 5.02 Å². The second-order valence-corrected chi connectivity index (χ2v) is 9.69. The summed E-state index contributed by atoms with van der Waals surface area (Å²) >= 11 is 6.29. The Morgan fingerprint density at radius 3 is 2.76 bits per heavy atom. The molecular formula is C25H17ClF2N8O. The Morgan fingerprint density at radius 1 is 1.08 bits per heavy atom. The Labute approximate surface area is 212 Å². The van der Waals surface area contributed by atoms with Crippen LogP contribution in [0, 0.1) is 17.6 Å². The largest absolute Gasteiger partial charge is 0.396 e. The molecule has 0 bridgehead atoms. The van der Waals surface area contributed by atoms with E-state index >= 15 is 0 Å². The normalized spacial score (nSPS) is 19.6. The van der Waals surface area contributed by atoms with Crippen molar-refractivity contribution < 1.29 is 8.78 Å². The molecule has 1 aliphatic heterocycles. The lowest BCUT2D eigenvalue weighted by Gasteiger charge is -2.18. The van der Waals surface area contributed by atoms with E-state index in [2.05, 4.69) is 25.5 Å². The van der Waals surface area contributed by atoms with Crippen LogP contribution in [-0.2, 0) is 0 Å². The minimum atomic E-state index is -1.10. The fourth-order valence-electron chi connectivity index (χ4n) is 5.37. The first-order valence-electron chi connectivity index (χ1n) is 11.5. The Kier molecular flexibility index (Phi) is 4.61. The predicted molar refractivity (Wildman–Crippen MR) is 131 cm³/mol. The number of tetrazole rings is 1. The number of anilines is 1. The number of nitrogen functional groups attached to an aromatic ring is 1. The van der Waals surface area contributed by atoms with Crippen LogP contribution in [0.3, 0.4) is 0 Å². The molecule has 0 spiro atoms. The Hall–Kier alpha value is -4.38. The Balaban J connectivity index is 1.31. The first kappa shape index (κ1) is 21.9. The zero-order valence-corrected chi connectivity index (χ0v) is 19.7. The van der Waals surface area contributed by atoms with Crippen LogP contribution in [0.4, 0.5) is 14.5 Å². The van der Waals surface area contributed by atoms with Gasteiger partial charge in [-0.05, 0) is 64.7 Å². The van der Waals surface area contributed by atoms with E-state index in [4.69, 9.17) is 17.3 Å². The van der Waals surface area contributed by atoms with Crippen molar-refractivity contribution in [3.63, 3.8) is 0 Å². The summed E-state index contributed by atoms with van der Waals surface area (Å²) in [4.78, 5) is 21.0. The number of imidazole rings is 1. The van der Waals surface area contributed by atoms with Crippen LogP contribution in [0.15, 0.2) is 59.8 Å². The summed E-state index contributed by atoms with van der Waals surface area (Å²) in [5.41, 5.74) is 8.35. The molecule has 1 fully saturated rings. The Morgan fingerprint density at radius 2 is 1.95 bits per heavy atom. The third-order valence-corrected chi connectivity index (χ3v) is 7.38. The second-order valence-electron chi connectivity index (χ2n) is 9.26. The summed E-state index contributed by atoms with van der Waals surface area (Å²) in [5.74, 6) is -1.27. The minimum Gasteiger partial charge on any atom is -0.396 e. The van der Waals surface area contributed by atoms with Crippen molar-refractivity contribution >= 4 is 17.3 Å². The van der Waals surface area contributed by atoms with E-state index in [9.17, 15) is 13.6 Å². The number of pyridine rings is 1. The molecule has 2 aromatic carbocycles. The molecule has 12 heteroatoms. The van der Waals surface area contributed by atoms with Gasteiger partial charge in [-0.2, -0.15) is 4.68 Å². The third-order valence-electron chi connectivity index (χ3n) is 7.14. The van der Waals surface area contributed by atoms with Gasteiger partial charge >= 0.3 is 0 Å². The Bertz CT molecular complexity index is 1760. The molecule has 0 radical (unpaired) electrons. The van der Waals surface area contributed by atoms with Gasteiger partial charge in [0.05, 0.1) is 29.3 Å². The second kappa shape index (κ2) is 7.81. The fourth-order valence-corrected chi connectivity index (χ4v) is 5.54. The van der Waals surface area contributed by atoms with E-state index in [1.54, 1.807) is 28.8 Å². The monoisotopic (exact) mass is 518 g/mol. The number of fused-ring (bicyclic) bond motifs is 3. The molecule has 3 atom stereocenters.